The van der Waals surface area contributed by atoms with Crippen LogP contribution in [0.25, 0.3) is 0 Å². The number of alkyl halides is 4. The molecule has 0 aliphatic carbocycles. The molecule has 1 fully saturated rings. The number of nitrogens with one attached hydrogen (secondary N) is 5. The number of aliphatic hydroxyl groups is 1. The van der Waals surface area contributed by atoms with Crippen molar-refractivity contribution in [1.82, 2.24) is 31.5 Å². The smallest absolute Gasteiger partial charge is 0.386 e. The second-order valence-corrected chi connectivity index (χ2v) is 19.9. The van der Waals surface area contributed by atoms with Crippen LogP contribution in [-0.2, 0) is 90.5 Å². The van der Waals surface area contributed by atoms with Crippen molar-refractivity contribution in [1.29, 1.82) is 0 Å². The van der Waals surface area contributed by atoms with Crippen LogP contribution in [0.1, 0.15) is 131 Å². The number of carboxylic acids is 1. The van der Waals surface area contributed by atoms with E-state index in [1.165, 1.54) is 6.42 Å². The Labute approximate surface area is 572 Å². The number of carbonyl (C=O) groups excluding carboxylic acids is 8. The van der Waals surface area contributed by atoms with E-state index >= 15 is 0 Å². The summed E-state index contributed by atoms with van der Waals surface area (Å²) in [6, 6.07) is 8.82. The highest BCUT2D eigenvalue weighted by molar-refractivity contribution is 5.89. The fourth-order valence-corrected chi connectivity index (χ4v) is 6.64. The monoisotopic (exact) mass is 1410 g/mol. The molecule has 0 saturated carbocycles. The van der Waals surface area contributed by atoms with Crippen molar-refractivity contribution >= 4 is 54.7 Å². The largest absolute Gasteiger partial charge is 0.479 e. The number of likely N-dealkylation sites (tertiary alicyclic amines) is 1. The number of rotatable bonds is 50. The molecule has 97 heavy (non-hydrogen) atoms. The summed E-state index contributed by atoms with van der Waals surface area (Å²) in [4.78, 5) is 101. The number of unbranched alkanes of at least 4 members (excludes halogenated alkanes) is 1. The zero-order valence-corrected chi connectivity index (χ0v) is 58.9. The molecule has 2 rings (SSSR count). The highest BCUT2D eigenvalue weighted by Gasteiger charge is 2.31. The van der Waals surface area contributed by atoms with Crippen molar-refractivity contribution in [3.8, 4) is 0 Å². The molecule has 6 amide bonds. The van der Waals surface area contributed by atoms with E-state index in [4.69, 9.17) is 69.0 Å². The van der Waals surface area contributed by atoms with Gasteiger partial charge in [0, 0.05) is 78.7 Å². The number of ether oxygens (including phenoxy) is 10. The van der Waals surface area contributed by atoms with E-state index in [2.05, 4.69) is 54.3 Å². The summed E-state index contributed by atoms with van der Waals surface area (Å²) >= 11 is 0. The summed E-state index contributed by atoms with van der Waals surface area (Å²) in [6.45, 7) is 25.1. The van der Waals surface area contributed by atoms with Gasteiger partial charge < -0.3 is 105 Å². The third-order valence-corrected chi connectivity index (χ3v) is 11.1. The molecule has 1 aromatic carbocycles. The number of aliphatic hydroxyl groups excluding tert-OH is 1. The van der Waals surface area contributed by atoms with Crippen LogP contribution in [0.15, 0.2) is 30.3 Å². The number of nitrogens with zero attached hydrogens (tertiary/aromatic N) is 1. The average molecular weight is 1410 g/mol. The van der Waals surface area contributed by atoms with Crippen molar-refractivity contribution in [2.45, 2.75) is 150 Å². The van der Waals surface area contributed by atoms with Gasteiger partial charge >= 0.3 is 18.1 Å². The Morgan fingerprint density at radius 1 is 0.629 bits per heavy atom. The number of aldehydes is 1. The summed E-state index contributed by atoms with van der Waals surface area (Å²) in [5.74, 6) is -2.64. The molecule has 0 aromatic heterocycles. The molecule has 11 N–H and O–H groups in total. The van der Waals surface area contributed by atoms with Gasteiger partial charge in [-0.3, -0.25) is 33.6 Å². The topological polar surface area (TPSA) is 402 Å². The summed E-state index contributed by atoms with van der Waals surface area (Å²) < 4.78 is 94.8. The number of amides is 6. The van der Waals surface area contributed by atoms with Gasteiger partial charge in [-0.15, -0.1) is 0 Å². The van der Waals surface area contributed by atoms with Crippen molar-refractivity contribution in [2.75, 3.05) is 172 Å². The Morgan fingerprint density at radius 2 is 1.04 bits per heavy atom. The minimum Gasteiger partial charge on any atom is -0.479 e. The minimum absolute atomic E-state index is 0.0459. The number of nitrogens with two attached hydrogens (primary N) is 2. The second kappa shape index (κ2) is 80.6. The zero-order valence-electron chi connectivity index (χ0n) is 58.9. The first-order valence-electron chi connectivity index (χ1n) is 32.7. The molecule has 33 heteroatoms. The highest BCUT2D eigenvalue weighted by atomic mass is 19.4. The highest BCUT2D eigenvalue weighted by Crippen LogP contribution is 2.21. The van der Waals surface area contributed by atoms with Gasteiger partial charge in [-0.1, -0.05) is 77.8 Å². The summed E-state index contributed by atoms with van der Waals surface area (Å²) in [5.41, 5.74) is 11.5. The van der Waals surface area contributed by atoms with Gasteiger partial charge in [-0.2, -0.15) is 13.2 Å². The van der Waals surface area contributed by atoms with Crippen LogP contribution in [0.5, 0.6) is 0 Å². The van der Waals surface area contributed by atoms with E-state index in [1.54, 1.807) is 4.90 Å². The predicted octanol–water partition coefficient (Wildman–Crippen LogP) is 3.53. The van der Waals surface area contributed by atoms with Crippen LogP contribution in [0.4, 0.5) is 17.6 Å². The molecule has 0 bridgehead atoms. The molecule has 0 spiro atoms. The van der Waals surface area contributed by atoms with Gasteiger partial charge in [0.05, 0.1) is 119 Å². The lowest BCUT2D eigenvalue weighted by Gasteiger charge is -2.26. The molecule has 1 aliphatic rings. The number of carbonyl (C=O) groups is 9. The maximum atomic E-state index is 12.6. The fourth-order valence-electron chi connectivity index (χ4n) is 6.64. The standard InChI is InChI=1S/C21H36N4O8.C13H28N2O4.C12H15NO3.C9H21NO3.C3H5FO2.C3H8.C2H3F3.CH4O/c1-17-3-2-7-25(17)21(30)18(4-8-26)24-19(28)5-9-31-11-13-33-14-12-32-10-6-23-20(29)15-22-16-27;1-2-3-6-15-13(16)4-7-17-9-11-19-12-10-18-8-5-14;1-2-11(10-6-4-3-5-7-10)16-12(15)8-13-9-14;1-2-4-11-6-8-13-9-7-12-5-3-10;1-2(4)3(5)6;1-3-2;1-2(3,4)5;1-2/h8,16-18H,2-7,9-15H2,1H3,(H,22,27)(H,23,29)(H,24,28);2-12,14H2,1H3,(H,15,16);3-7,9,11H,2,8H2,1H3,(H,13,14);2-10H2,1H3;2H,1H3,(H,5,6);3H2,1-2H3;1H3;2H,1H3. The molecule has 4 atom stereocenters. The molecular weight excluding hydrogens is 1290 g/mol. The molecule has 4 unspecified atom stereocenters. The SMILES string of the molecule is CC(F)(F)F.CC(F)C(=O)O.CC1CCCN1C(=O)C(CC=O)NC(=O)CCOCCOCCOCCNC(=O)CNC=O.CCC.CCC(OC(=O)CNC=O)c1ccccc1.CCCCNC(=O)CCOCCOCCOCCN.CCCOCCOCCOCCN.CO. The Hall–Kier alpha value is -6.11. The predicted molar refractivity (Wildman–Crippen MR) is 357 cm³/mol. The van der Waals surface area contributed by atoms with Crippen LogP contribution < -0.4 is 38.1 Å². The van der Waals surface area contributed by atoms with E-state index in [0.717, 1.165) is 64.9 Å². The lowest BCUT2D eigenvalue weighted by Crippen LogP contribution is -2.49. The van der Waals surface area contributed by atoms with E-state index in [-0.39, 0.29) is 75.2 Å². The number of hydrogen-bond donors (Lipinski definition) is 9. The van der Waals surface area contributed by atoms with Crippen LogP contribution in [0, 0.1) is 0 Å². The van der Waals surface area contributed by atoms with E-state index in [9.17, 15) is 60.7 Å². The summed E-state index contributed by atoms with van der Waals surface area (Å²) in [5, 5.41) is 27.2. The average Bonchev–Trinajstić information content (AvgIpc) is 1.81. The van der Waals surface area contributed by atoms with Crippen LogP contribution in [-0.4, -0.2) is 266 Å². The normalized spacial score (nSPS) is 12.6. The quantitative estimate of drug-likeness (QED) is 0.0195. The number of aliphatic carboxylic acids is 1. The lowest BCUT2D eigenvalue weighted by atomic mass is 10.1. The maximum Gasteiger partial charge on any atom is 0.386 e. The van der Waals surface area contributed by atoms with Crippen molar-refractivity contribution in [3.63, 3.8) is 0 Å². The number of hydrogen-bond acceptors (Lipinski definition) is 22. The van der Waals surface area contributed by atoms with E-state index in [0.29, 0.717) is 164 Å². The molecule has 1 heterocycles. The molecule has 570 valence electrons. The number of carboxylic acid groups (broad SMARTS) is 1. The molecule has 1 aliphatic heterocycles. The zero-order chi connectivity index (χ0) is 74.4. The maximum absolute atomic E-state index is 12.6. The van der Waals surface area contributed by atoms with Crippen LogP contribution in [0.3, 0.4) is 0 Å². The Morgan fingerprint density at radius 3 is 1.43 bits per heavy atom. The Kier molecular flexibility index (Phi) is 84.7. The number of benzene rings is 1. The van der Waals surface area contributed by atoms with Crippen LogP contribution >= 0.6 is 0 Å². The molecule has 1 aromatic rings. The fraction of sp³-hybridized carbons (Fsp3) is 0.766. The summed E-state index contributed by atoms with van der Waals surface area (Å²) in [7, 11) is 1.00. The third kappa shape index (κ3) is 84.1. The van der Waals surface area contributed by atoms with Gasteiger partial charge in [0.1, 0.15) is 25.0 Å². The molecule has 0 radical (unpaired) electrons. The van der Waals surface area contributed by atoms with Gasteiger partial charge in [0.15, 0.2) is 6.17 Å². The summed E-state index contributed by atoms with van der Waals surface area (Å²) in [6.07, 6.45) is 3.00. The van der Waals surface area contributed by atoms with Gasteiger partial charge in [0.2, 0.25) is 36.4 Å². The lowest BCUT2D eigenvalue weighted by molar-refractivity contribution is -0.149. The van der Waals surface area contributed by atoms with Crippen molar-refractivity contribution in [3.05, 3.63) is 35.9 Å². The third-order valence-electron chi connectivity index (χ3n) is 11.1. The van der Waals surface area contributed by atoms with Crippen molar-refractivity contribution < 1.29 is 118 Å². The van der Waals surface area contributed by atoms with Gasteiger partial charge in [-0.25, -0.2) is 9.18 Å². The second-order valence-electron chi connectivity index (χ2n) is 19.9. The number of esters is 1. The minimum atomic E-state index is -4.00. The molecule has 1 saturated heterocycles. The first-order chi connectivity index (χ1) is 46.5. The first-order valence-corrected chi connectivity index (χ1v) is 32.7. The van der Waals surface area contributed by atoms with E-state index < -0.39 is 30.3 Å². The van der Waals surface area contributed by atoms with Crippen molar-refractivity contribution in [2.24, 2.45) is 11.5 Å². The first kappa shape index (κ1) is 102. The molecular formula is C64H120F4N8O21. The molecule has 29 nitrogen and oxygen atoms in total. The van der Waals surface area contributed by atoms with Gasteiger partial charge in [0.25, 0.3) is 0 Å². The number of halogens is 4. The van der Waals surface area contributed by atoms with Gasteiger partial charge in [-0.05, 0) is 51.5 Å². The Bertz CT molecular complexity index is 1950. The Balaban J connectivity index is -0.000000277. The van der Waals surface area contributed by atoms with E-state index in [1.807, 2.05) is 44.2 Å². The van der Waals surface area contributed by atoms with Crippen LogP contribution in [0.2, 0.25) is 0 Å².